The van der Waals surface area contributed by atoms with Gasteiger partial charge in [-0.2, -0.15) is 0 Å². The maximum absolute atomic E-state index is 5.18. The van der Waals surface area contributed by atoms with Crippen molar-refractivity contribution in [2.24, 2.45) is 11.8 Å². The molecule has 0 radical (unpaired) electrons. The van der Waals surface area contributed by atoms with Crippen LogP contribution in [0.2, 0.25) is 0 Å². The lowest BCUT2D eigenvalue weighted by Crippen LogP contribution is -2.25. The Morgan fingerprint density at radius 1 is 1.18 bits per heavy atom. The van der Waals surface area contributed by atoms with Crippen LogP contribution in [0.15, 0.2) is 24.3 Å². The van der Waals surface area contributed by atoms with Crippen LogP contribution in [0.1, 0.15) is 5.56 Å². The zero-order chi connectivity index (χ0) is 11.7. The van der Waals surface area contributed by atoms with E-state index in [-0.39, 0.29) is 0 Å². The molecule has 0 saturated carbocycles. The molecule has 2 heterocycles. The molecule has 17 heavy (non-hydrogen) atoms. The molecule has 92 valence electrons. The van der Waals surface area contributed by atoms with Gasteiger partial charge in [0.25, 0.3) is 0 Å². The van der Waals surface area contributed by atoms with Crippen LogP contribution in [-0.2, 0) is 6.54 Å². The minimum Gasteiger partial charge on any atom is -0.497 e. The van der Waals surface area contributed by atoms with Crippen molar-refractivity contribution < 1.29 is 4.74 Å². The molecular formula is C14H20N2O. The van der Waals surface area contributed by atoms with Gasteiger partial charge in [0.05, 0.1) is 7.11 Å². The van der Waals surface area contributed by atoms with Crippen LogP contribution in [0.25, 0.3) is 0 Å². The van der Waals surface area contributed by atoms with Gasteiger partial charge in [-0.1, -0.05) is 12.1 Å². The average Bonchev–Trinajstić information content (AvgIpc) is 2.90. The highest BCUT2D eigenvalue weighted by Gasteiger charge is 2.35. The largest absolute Gasteiger partial charge is 0.497 e. The van der Waals surface area contributed by atoms with Crippen molar-refractivity contribution in [2.75, 3.05) is 33.3 Å². The summed E-state index contributed by atoms with van der Waals surface area (Å²) in [5.41, 5.74) is 1.39. The molecule has 1 N–H and O–H groups in total. The molecule has 3 rings (SSSR count). The highest BCUT2D eigenvalue weighted by Crippen LogP contribution is 2.27. The van der Waals surface area contributed by atoms with Crippen molar-refractivity contribution >= 4 is 0 Å². The summed E-state index contributed by atoms with van der Waals surface area (Å²) in [6.45, 7) is 6.01. The normalized spacial score (nSPS) is 28.3. The van der Waals surface area contributed by atoms with E-state index in [0.29, 0.717) is 0 Å². The highest BCUT2D eigenvalue weighted by atomic mass is 16.5. The van der Waals surface area contributed by atoms with Crippen molar-refractivity contribution in [3.63, 3.8) is 0 Å². The van der Waals surface area contributed by atoms with Crippen molar-refractivity contribution in [3.8, 4) is 5.75 Å². The molecule has 0 bridgehead atoms. The second kappa shape index (κ2) is 4.67. The molecule has 0 spiro atoms. The Labute approximate surface area is 103 Å². The van der Waals surface area contributed by atoms with E-state index < -0.39 is 0 Å². The Morgan fingerprint density at radius 2 is 1.82 bits per heavy atom. The number of rotatable bonds is 3. The van der Waals surface area contributed by atoms with E-state index in [1.807, 2.05) is 12.1 Å². The first-order valence-electron chi connectivity index (χ1n) is 6.41. The average molecular weight is 232 g/mol. The summed E-state index contributed by atoms with van der Waals surface area (Å²) in [7, 11) is 1.71. The summed E-state index contributed by atoms with van der Waals surface area (Å²) >= 11 is 0. The molecule has 2 saturated heterocycles. The van der Waals surface area contributed by atoms with Crippen molar-refractivity contribution in [1.82, 2.24) is 10.2 Å². The van der Waals surface area contributed by atoms with Crippen LogP contribution < -0.4 is 10.1 Å². The van der Waals surface area contributed by atoms with Crippen molar-refractivity contribution in [1.29, 1.82) is 0 Å². The van der Waals surface area contributed by atoms with E-state index in [0.717, 1.165) is 24.1 Å². The number of nitrogens with zero attached hydrogens (tertiary/aromatic N) is 1. The van der Waals surface area contributed by atoms with Crippen LogP contribution in [0.4, 0.5) is 0 Å². The fourth-order valence-corrected chi connectivity index (χ4v) is 3.07. The summed E-state index contributed by atoms with van der Waals surface area (Å²) in [5.74, 6) is 2.71. The summed E-state index contributed by atoms with van der Waals surface area (Å²) in [6.07, 6.45) is 0. The second-order valence-corrected chi connectivity index (χ2v) is 5.22. The minimum atomic E-state index is 0.883. The van der Waals surface area contributed by atoms with Crippen molar-refractivity contribution in [3.05, 3.63) is 29.8 Å². The summed E-state index contributed by atoms with van der Waals surface area (Å²) in [4.78, 5) is 2.58. The van der Waals surface area contributed by atoms with E-state index >= 15 is 0 Å². The molecule has 0 amide bonds. The highest BCUT2D eigenvalue weighted by molar-refractivity contribution is 5.27. The predicted octanol–water partition coefficient (Wildman–Crippen LogP) is 1.35. The number of likely N-dealkylation sites (tertiary alicyclic amines) is 1. The molecule has 3 heteroatoms. The predicted molar refractivity (Wildman–Crippen MR) is 68.1 cm³/mol. The topological polar surface area (TPSA) is 24.5 Å². The SMILES string of the molecule is COc1ccc(CN2C[C@@H]3CNC[C@H]3C2)cc1. The number of hydrogen-bond acceptors (Lipinski definition) is 3. The Balaban J connectivity index is 1.59. The Hall–Kier alpha value is -1.06. The van der Waals surface area contributed by atoms with Crippen LogP contribution in [0.3, 0.4) is 0 Å². The molecule has 1 aromatic rings. The third-order valence-electron chi connectivity index (χ3n) is 4.03. The second-order valence-electron chi connectivity index (χ2n) is 5.22. The number of nitrogens with one attached hydrogen (secondary N) is 1. The summed E-state index contributed by atoms with van der Waals surface area (Å²) in [5, 5.41) is 3.48. The molecule has 1 aromatic carbocycles. The molecule has 2 atom stereocenters. The maximum Gasteiger partial charge on any atom is 0.118 e. The van der Waals surface area contributed by atoms with Gasteiger partial charge >= 0.3 is 0 Å². The lowest BCUT2D eigenvalue weighted by Gasteiger charge is -2.17. The molecule has 2 fully saturated rings. The van der Waals surface area contributed by atoms with Gasteiger partial charge in [0.15, 0.2) is 0 Å². The first kappa shape index (κ1) is 11.1. The summed E-state index contributed by atoms with van der Waals surface area (Å²) in [6, 6.07) is 8.44. The third-order valence-corrected chi connectivity index (χ3v) is 4.03. The van der Waals surface area contributed by atoms with E-state index in [2.05, 4.69) is 22.3 Å². The van der Waals surface area contributed by atoms with Gasteiger partial charge in [-0.25, -0.2) is 0 Å². The van der Waals surface area contributed by atoms with E-state index in [1.54, 1.807) is 7.11 Å². The number of fused-ring (bicyclic) bond motifs is 1. The standard InChI is InChI=1S/C14H20N2O/c1-17-14-4-2-11(3-5-14)8-16-9-12-6-15-7-13(12)10-16/h2-5,12-13,15H,6-10H2,1H3/t12-,13-/m0/s1. The van der Waals surface area contributed by atoms with Gasteiger partial charge in [0, 0.05) is 19.6 Å². The lowest BCUT2D eigenvalue weighted by atomic mass is 10.0. The smallest absolute Gasteiger partial charge is 0.118 e. The molecule has 0 aliphatic carbocycles. The minimum absolute atomic E-state index is 0.883. The van der Waals surface area contributed by atoms with Gasteiger partial charge in [-0.15, -0.1) is 0 Å². The van der Waals surface area contributed by atoms with E-state index in [1.165, 1.54) is 31.7 Å². The van der Waals surface area contributed by atoms with Gasteiger partial charge in [0.1, 0.15) is 5.75 Å². The first-order chi connectivity index (χ1) is 8.35. The number of ether oxygens (including phenoxy) is 1. The van der Waals surface area contributed by atoms with E-state index in [9.17, 15) is 0 Å². The van der Waals surface area contributed by atoms with Crippen LogP contribution in [0.5, 0.6) is 5.75 Å². The Bertz CT molecular complexity index is 364. The molecule has 2 aliphatic heterocycles. The number of benzene rings is 1. The van der Waals surface area contributed by atoms with E-state index in [4.69, 9.17) is 4.74 Å². The maximum atomic E-state index is 5.18. The first-order valence-corrected chi connectivity index (χ1v) is 6.41. The van der Waals surface area contributed by atoms with Gasteiger partial charge < -0.3 is 10.1 Å². The van der Waals surface area contributed by atoms with Gasteiger partial charge in [-0.3, -0.25) is 4.90 Å². The third kappa shape index (κ3) is 2.31. The monoisotopic (exact) mass is 232 g/mol. The Morgan fingerprint density at radius 3 is 2.41 bits per heavy atom. The summed E-state index contributed by atoms with van der Waals surface area (Å²) < 4.78 is 5.18. The fourth-order valence-electron chi connectivity index (χ4n) is 3.07. The Kier molecular flexibility index (Phi) is 3.04. The molecular weight excluding hydrogens is 212 g/mol. The van der Waals surface area contributed by atoms with Gasteiger partial charge in [-0.05, 0) is 42.6 Å². The molecule has 2 aliphatic rings. The molecule has 0 aromatic heterocycles. The molecule has 0 unspecified atom stereocenters. The van der Waals surface area contributed by atoms with Gasteiger partial charge in [0.2, 0.25) is 0 Å². The number of hydrogen-bond donors (Lipinski definition) is 1. The lowest BCUT2D eigenvalue weighted by molar-refractivity contribution is 0.305. The van der Waals surface area contributed by atoms with Crippen LogP contribution in [-0.4, -0.2) is 38.2 Å². The number of methoxy groups -OCH3 is 1. The fraction of sp³-hybridized carbons (Fsp3) is 0.571. The van der Waals surface area contributed by atoms with Crippen LogP contribution >= 0.6 is 0 Å². The molecule has 3 nitrogen and oxygen atoms in total. The zero-order valence-corrected chi connectivity index (χ0v) is 10.4. The zero-order valence-electron chi connectivity index (χ0n) is 10.4. The van der Waals surface area contributed by atoms with Crippen molar-refractivity contribution in [2.45, 2.75) is 6.54 Å². The quantitative estimate of drug-likeness (QED) is 0.851. The van der Waals surface area contributed by atoms with Crippen LogP contribution in [0, 0.1) is 11.8 Å².